The van der Waals surface area contributed by atoms with Crippen LogP contribution in [0.3, 0.4) is 0 Å². The molecule has 2 aliphatic heterocycles. The number of esters is 1. The first-order chi connectivity index (χ1) is 15.4. The lowest BCUT2D eigenvalue weighted by atomic mass is 10.0. The third kappa shape index (κ3) is 6.26. The third-order valence-corrected chi connectivity index (χ3v) is 6.28. The minimum absolute atomic E-state index is 0.0128. The van der Waals surface area contributed by atoms with Crippen molar-refractivity contribution in [2.45, 2.75) is 31.8 Å². The van der Waals surface area contributed by atoms with Crippen LogP contribution in [0, 0.1) is 0 Å². The highest BCUT2D eigenvalue weighted by molar-refractivity contribution is 8.00. The molecular weight excluding hydrogens is 460 g/mol. The normalized spacial score (nSPS) is 18.9. The molecule has 2 aliphatic rings. The molecule has 0 radical (unpaired) electrons. The second-order valence-electron chi connectivity index (χ2n) is 7.27. The van der Waals surface area contributed by atoms with E-state index in [4.69, 9.17) is 21.1 Å². The molecule has 1 aromatic heterocycles. The zero-order valence-corrected chi connectivity index (χ0v) is 19.2. The summed E-state index contributed by atoms with van der Waals surface area (Å²) in [6, 6.07) is 2.30. The number of hydrogen-bond acceptors (Lipinski definition) is 8. The predicted molar refractivity (Wildman–Crippen MR) is 118 cm³/mol. The first kappa shape index (κ1) is 24.1. The van der Waals surface area contributed by atoms with Gasteiger partial charge in [-0.1, -0.05) is 11.6 Å². The molecule has 0 aliphatic carbocycles. The quantitative estimate of drug-likeness (QED) is 0.555. The van der Waals surface area contributed by atoms with E-state index in [9.17, 15) is 19.2 Å². The second kappa shape index (κ2) is 11.4. The van der Waals surface area contributed by atoms with E-state index in [-0.39, 0.29) is 42.6 Å². The highest BCUT2D eigenvalue weighted by atomic mass is 35.5. The van der Waals surface area contributed by atoms with Crippen LogP contribution in [0.4, 0.5) is 10.6 Å². The largest absolute Gasteiger partial charge is 0.464 e. The van der Waals surface area contributed by atoms with Crippen LogP contribution >= 0.6 is 23.4 Å². The molecule has 0 bridgehead atoms. The summed E-state index contributed by atoms with van der Waals surface area (Å²) in [5.41, 5.74) is 0. The van der Waals surface area contributed by atoms with Gasteiger partial charge in [-0.25, -0.2) is 14.6 Å². The maximum Gasteiger partial charge on any atom is 0.410 e. The van der Waals surface area contributed by atoms with Gasteiger partial charge in [0.1, 0.15) is 12.4 Å². The molecule has 32 heavy (non-hydrogen) atoms. The fourth-order valence-electron chi connectivity index (χ4n) is 3.60. The molecule has 3 heterocycles. The third-order valence-electron chi connectivity index (χ3n) is 5.13. The van der Waals surface area contributed by atoms with Gasteiger partial charge in [0.25, 0.3) is 0 Å². The molecule has 1 aromatic rings. The Labute approximate surface area is 194 Å². The van der Waals surface area contributed by atoms with E-state index in [1.807, 2.05) is 0 Å². The van der Waals surface area contributed by atoms with E-state index in [0.29, 0.717) is 36.8 Å². The van der Waals surface area contributed by atoms with Crippen molar-refractivity contribution >= 4 is 53.1 Å². The number of hydrogen-bond donors (Lipinski definition) is 1. The number of likely N-dealkylation sites (tertiary alicyclic amines) is 1. The lowest BCUT2D eigenvalue weighted by Crippen LogP contribution is -2.52. The van der Waals surface area contributed by atoms with Crippen molar-refractivity contribution in [3.05, 3.63) is 23.4 Å². The fourth-order valence-corrected chi connectivity index (χ4v) is 4.43. The Morgan fingerprint density at radius 3 is 2.69 bits per heavy atom. The van der Waals surface area contributed by atoms with E-state index >= 15 is 0 Å². The summed E-state index contributed by atoms with van der Waals surface area (Å²) < 4.78 is 10.1. The van der Waals surface area contributed by atoms with E-state index in [0.717, 1.165) is 0 Å². The number of amides is 3. The van der Waals surface area contributed by atoms with Crippen LogP contribution in [0.25, 0.3) is 0 Å². The van der Waals surface area contributed by atoms with Gasteiger partial charge < -0.3 is 19.7 Å². The Morgan fingerprint density at radius 2 is 2.03 bits per heavy atom. The number of anilines is 1. The molecule has 3 rings (SSSR count). The van der Waals surface area contributed by atoms with Crippen LogP contribution in [0.1, 0.15) is 19.8 Å². The minimum atomic E-state index is -0.737. The summed E-state index contributed by atoms with van der Waals surface area (Å²) in [4.78, 5) is 55.9. The second-order valence-corrected chi connectivity index (χ2v) is 8.69. The van der Waals surface area contributed by atoms with Gasteiger partial charge in [0.15, 0.2) is 6.04 Å². The number of pyridine rings is 1. The molecule has 10 nitrogen and oxygen atoms in total. The molecule has 0 spiro atoms. The average molecular weight is 485 g/mol. The Balaban J connectivity index is 1.40. The van der Waals surface area contributed by atoms with Gasteiger partial charge in [-0.2, -0.15) is 0 Å². The monoisotopic (exact) mass is 484 g/mol. The lowest BCUT2D eigenvalue weighted by molar-refractivity contribution is -0.148. The van der Waals surface area contributed by atoms with Crippen molar-refractivity contribution in [3.8, 4) is 0 Å². The molecule has 1 N–H and O–H groups in total. The number of thioether (sulfide) groups is 1. The summed E-state index contributed by atoms with van der Waals surface area (Å²) in [5.74, 6) is -0.113. The van der Waals surface area contributed by atoms with Gasteiger partial charge in [0.05, 0.1) is 23.1 Å². The van der Waals surface area contributed by atoms with Crippen LogP contribution < -0.4 is 5.32 Å². The number of carbonyl (C=O) groups is 4. The van der Waals surface area contributed by atoms with Crippen molar-refractivity contribution in [3.63, 3.8) is 0 Å². The first-order valence-electron chi connectivity index (χ1n) is 10.3. The number of piperidine rings is 1. The van der Waals surface area contributed by atoms with E-state index < -0.39 is 18.1 Å². The molecule has 0 aromatic carbocycles. The molecule has 0 saturated carbocycles. The lowest BCUT2D eigenvalue weighted by Gasteiger charge is -2.37. The summed E-state index contributed by atoms with van der Waals surface area (Å²) in [5, 5.41) is 3.12. The summed E-state index contributed by atoms with van der Waals surface area (Å²) >= 11 is 6.98. The van der Waals surface area contributed by atoms with Crippen LogP contribution in [0.5, 0.6) is 0 Å². The number of ether oxygens (including phenoxy) is 2. The summed E-state index contributed by atoms with van der Waals surface area (Å²) in [6.07, 6.45) is 2.01. The van der Waals surface area contributed by atoms with Crippen LogP contribution in [0.2, 0.25) is 5.02 Å². The van der Waals surface area contributed by atoms with E-state index in [2.05, 4.69) is 10.3 Å². The summed E-state index contributed by atoms with van der Waals surface area (Å²) in [6.45, 7) is 2.85. The SMILES string of the molecule is CCOC(=O)C1COC(=O)N1C1CCN(C(=O)CSCC(=O)Nc2ccc(Cl)cn2)CC1. The highest BCUT2D eigenvalue weighted by Gasteiger charge is 2.44. The first-order valence-corrected chi connectivity index (χ1v) is 11.8. The van der Waals surface area contributed by atoms with E-state index in [1.54, 1.807) is 24.0 Å². The number of rotatable bonds is 8. The molecule has 174 valence electrons. The standard InChI is InChI=1S/C20H25ClN4O6S/c1-2-30-19(28)15-10-31-20(29)25(15)14-5-7-24(8-6-14)18(27)12-32-11-17(26)23-16-4-3-13(21)9-22-16/h3-4,9,14-15H,2,5-8,10-12H2,1H3,(H,22,23,26). The zero-order chi connectivity index (χ0) is 23.1. The molecule has 2 saturated heterocycles. The molecule has 1 unspecified atom stereocenters. The van der Waals surface area contributed by atoms with Crippen LogP contribution in [-0.4, -0.2) is 88.6 Å². The van der Waals surface area contributed by atoms with Crippen molar-refractivity contribution in [1.82, 2.24) is 14.8 Å². The highest BCUT2D eigenvalue weighted by Crippen LogP contribution is 2.25. The Morgan fingerprint density at radius 1 is 1.28 bits per heavy atom. The average Bonchev–Trinajstić information content (AvgIpc) is 3.17. The molecular formula is C20H25ClN4O6S. The van der Waals surface area contributed by atoms with Crippen molar-refractivity contribution in [1.29, 1.82) is 0 Å². The predicted octanol–water partition coefficient (Wildman–Crippen LogP) is 1.78. The Kier molecular flexibility index (Phi) is 8.57. The van der Waals surface area contributed by atoms with Gasteiger partial charge in [-0.3, -0.25) is 14.5 Å². The maximum atomic E-state index is 12.5. The van der Waals surface area contributed by atoms with Gasteiger partial charge in [-0.05, 0) is 31.9 Å². The number of nitrogens with zero attached hydrogens (tertiary/aromatic N) is 3. The van der Waals surface area contributed by atoms with Crippen molar-refractivity contribution in [2.75, 3.05) is 43.1 Å². The molecule has 2 fully saturated rings. The maximum absolute atomic E-state index is 12.5. The fraction of sp³-hybridized carbons (Fsp3) is 0.550. The number of halogens is 1. The Bertz CT molecular complexity index is 847. The number of aromatic nitrogens is 1. The summed E-state index contributed by atoms with van der Waals surface area (Å²) in [7, 11) is 0. The van der Waals surface area contributed by atoms with Crippen molar-refractivity contribution < 1.29 is 28.7 Å². The van der Waals surface area contributed by atoms with Crippen LogP contribution in [-0.2, 0) is 23.9 Å². The smallest absolute Gasteiger partial charge is 0.410 e. The molecule has 1 atom stereocenters. The minimum Gasteiger partial charge on any atom is -0.464 e. The van der Waals surface area contributed by atoms with Gasteiger partial charge >= 0.3 is 12.1 Å². The zero-order valence-electron chi connectivity index (χ0n) is 17.6. The van der Waals surface area contributed by atoms with Gasteiger partial charge in [-0.15, -0.1) is 11.8 Å². The van der Waals surface area contributed by atoms with Crippen molar-refractivity contribution in [2.24, 2.45) is 0 Å². The van der Waals surface area contributed by atoms with Gasteiger partial charge in [0.2, 0.25) is 11.8 Å². The van der Waals surface area contributed by atoms with Crippen LogP contribution in [0.15, 0.2) is 18.3 Å². The topological polar surface area (TPSA) is 118 Å². The Hall–Kier alpha value is -2.53. The number of nitrogens with one attached hydrogen (secondary N) is 1. The van der Waals surface area contributed by atoms with Gasteiger partial charge in [0, 0.05) is 25.3 Å². The molecule has 12 heteroatoms. The number of carbonyl (C=O) groups excluding carboxylic acids is 4. The molecule has 3 amide bonds. The number of cyclic esters (lactones) is 1. The van der Waals surface area contributed by atoms with E-state index in [1.165, 1.54) is 22.9 Å².